The molecule has 0 fully saturated rings. The summed E-state index contributed by atoms with van der Waals surface area (Å²) in [7, 11) is 1.68. The molecule has 2 aromatic rings. The van der Waals surface area contributed by atoms with Gasteiger partial charge in [0.05, 0.1) is 12.3 Å². The smallest absolute Gasteiger partial charge is 0.177 e. The molecule has 0 aromatic carbocycles. The number of ether oxygens (including phenoxy) is 1. The fourth-order valence-corrected chi connectivity index (χ4v) is 2.15. The minimum Gasteiger partial charge on any atom is -0.383 e. The predicted molar refractivity (Wildman–Crippen MR) is 60.2 cm³/mol. The highest BCUT2D eigenvalue weighted by atomic mass is 32.1. The highest BCUT2D eigenvalue weighted by molar-refractivity contribution is 7.09. The first-order valence-electron chi connectivity index (χ1n) is 5.05. The number of rotatable bonds is 5. The average Bonchev–Trinajstić information content (AvgIpc) is 2.93. The molecule has 6 nitrogen and oxygen atoms in total. The number of aryl methyl sites for hydroxylation is 1. The van der Waals surface area contributed by atoms with E-state index in [0.717, 1.165) is 29.4 Å². The zero-order valence-corrected chi connectivity index (χ0v) is 10.1. The van der Waals surface area contributed by atoms with E-state index in [0.29, 0.717) is 6.61 Å². The maximum absolute atomic E-state index is 5.04. The molecule has 2 heterocycles. The van der Waals surface area contributed by atoms with Gasteiger partial charge in [-0.25, -0.2) is 0 Å². The Balaban J connectivity index is 2.29. The van der Waals surface area contributed by atoms with Crippen molar-refractivity contribution in [1.82, 2.24) is 24.4 Å². The minimum absolute atomic E-state index is 0.638. The SMILES string of the molecule is CCc1nnsc1-c1nncn1CCOC. The van der Waals surface area contributed by atoms with Crippen LogP contribution < -0.4 is 0 Å². The van der Waals surface area contributed by atoms with Gasteiger partial charge in [0.1, 0.15) is 11.2 Å². The molecule has 0 aliphatic carbocycles. The molecule has 2 aromatic heterocycles. The van der Waals surface area contributed by atoms with Crippen LogP contribution in [-0.2, 0) is 17.7 Å². The largest absolute Gasteiger partial charge is 0.383 e. The topological polar surface area (TPSA) is 65.7 Å². The lowest BCUT2D eigenvalue weighted by atomic mass is 10.3. The van der Waals surface area contributed by atoms with Crippen molar-refractivity contribution in [3.8, 4) is 10.7 Å². The average molecular weight is 239 g/mol. The molecule has 0 aliphatic rings. The summed E-state index contributed by atoms with van der Waals surface area (Å²) in [5.41, 5.74) is 0.969. The van der Waals surface area contributed by atoms with Gasteiger partial charge in [0.2, 0.25) is 0 Å². The van der Waals surface area contributed by atoms with Gasteiger partial charge in [0.15, 0.2) is 5.82 Å². The maximum atomic E-state index is 5.04. The summed E-state index contributed by atoms with van der Waals surface area (Å²) in [5.74, 6) is 0.823. The first kappa shape index (κ1) is 11.2. The van der Waals surface area contributed by atoms with Crippen LogP contribution in [-0.4, -0.2) is 38.1 Å². The van der Waals surface area contributed by atoms with E-state index in [-0.39, 0.29) is 0 Å². The Bertz CT molecular complexity index is 452. The van der Waals surface area contributed by atoms with Gasteiger partial charge in [-0.15, -0.1) is 15.3 Å². The molecule has 0 aliphatic heterocycles. The molecule has 86 valence electrons. The van der Waals surface area contributed by atoms with Crippen LogP contribution in [0, 0.1) is 0 Å². The van der Waals surface area contributed by atoms with E-state index in [2.05, 4.69) is 26.7 Å². The number of nitrogens with zero attached hydrogens (tertiary/aromatic N) is 5. The van der Waals surface area contributed by atoms with Crippen LogP contribution in [0.25, 0.3) is 10.7 Å². The van der Waals surface area contributed by atoms with Gasteiger partial charge in [-0.3, -0.25) is 0 Å². The molecule has 0 saturated carbocycles. The van der Waals surface area contributed by atoms with Crippen molar-refractivity contribution in [1.29, 1.82) is 0 Å². The second kappa shape index (κ2) is 5.13. The van der Waals surface area contributed by atoms with Gasteiger partial charge < -0.3 is 9.30 Å². The lowest BCUT2D eigenvalue weighted by Gasteiger charge is -2.04. The third-order valence-electron chi connectivity index (χ3n) is 2.25. The van der Waals surface area contributed by atoms with Crippen LogP contribution in [0.5, 0.6) is 0 Å². The summed E-state index contributed by atoms with van der Waals surface area (Å²) in [5, 5.41) is 12.1. The molecule has 0 atom stereocenters. The van der Waals surface area contributed by atoms with Crippen molar-refractivity contribution >= 4 is 11.5 Å². The Morgan fingerprint density at radius 1 is 1.44 bits per heavy atom. The summed E-state index contributed by atoms with van der Waals surface area (Å²) in [6.07, 6.45) is 2.55. The molecule has 7 heteroatoms. The quantitative estimate of drug-likeness (QED) is 0.779. The van der Waals surface area contributed by atoms with Gasteiger partial charge in [-0.2, -0.15) is 0 Å². The summed E-state index contributed by atoms with van der Waals surface area (Å²) in [6.45, 7) is 3.43. The predicted octanol–water partition coefficient (Wildman–Crippen LogP) is 1.01. The van der Waals surface area contributed by atoms with Crippen LogP contribution in [0.15, 0.2) is 6.33 Å². The van der Waals surface area contributed by atoms with Crippen molar-refractivity contribution < 1.29 is 4.74 Å². The van der Waals surface area contributed by atoms with Crippen LogP contribution in [0.4, 0.5) is 0 Å². The highest BCUT2D eigenvalue weighted by Crippen LogP contribution is 2.24. The molecule has 0 bridgehead atoms. The van der Waals surface area contributed by atoms with Crippen LogP contribution in [0.3, 0.4) is 0 Å². The van der Waals surface area contributed by atoms with Crippen LogP contribution >= 0.6 is 11.5 Å². The van der Waals surface area contributed by atoms with E-state index in [4.69, 9.17) is 4.74 Å². The number of hydrogen-bond donors (Lipinski definition) is 0. The molecular formula is C9H13N5OS. The van der Waals surface area contributed by atoms with E-state index in [1.807, 2.05) is 4.57 Å². The summed E-state index contributed by atoms with van der Waals surface area (Å²) < 4.78 is 10.9. The minimum atomic E-state index is 0.638. The van der Waals surface area contributed by atoms with Crippen molar-refractivity contribution in [2.45, 2.75) is 19.9 Å². The van der Waals surface area contributed by atoms with E-state index in [1.54, 1.807) is 13.4 Å². The van der Waals surface area contributed by atoms with Gasteiger partial charge >= 0.3 is 0 Å². The van der Waals surface area contributed by atoms with Crippen molar-refractivity contribution in [3.05, 3.63) is 12.0 Å². The molecular weight excluding hydrogens is 226 g/mol. The van der Waals surface area contributed by atoms with E-state index in [1.165, 1.54) is 11.5 Å². The van der Waals surface area contributed by atoms with Crippen molar-refractivity contribution in [2.24, 2.45) is 0 Å². The fraction of sp³-hybridized carbons (Fsp3) is 0.556. The standard InChI is InChI=1S/C9H13N5OS/c1-3-7-8(16-13-11-7)9-12-10-6-14(9)4-5-15-2/h6H,3-5H2,1-2H3. The fourth-order valence-electron chi connectivity index (χ4n) is 1.39. The Kier molecular flexibility index (Phi) is 3.58. The third-order valence-corrected chi connectivity index (χ3v) is 3.01. The van der Waals surface area contributed by atoms with Crippen LogP contribution in [0.1, 0.15) is 12.6 Å². The number of hydrogen-bond acceptors (Lipinski definition) is 6. The second-order valence-electron chi connectivity index (χ2n) is 3.24. The molecule has 0 saturated heterocycles. The molecule has 0 unspecified atom stereocenters. The Morgan fingerprint density at radius 3 is 3.06 bits per heavy atom. The monoisotopic (exact) mass is 239 g/mol. The van der Waals surface area contributed by atoms with Crippen molar-refractivity contribution in [2.75, 3.05) is 13.7 Å². The van der Waals surface area contributed by atoms with Gasteiger partial charge in [-0.05, 0) is 18.0 Å². The Morgan fingerprint density at radius 2 is 2.31 bits per heavy atom. The van der Waals surface area contributed by atoms with Crippen molar-refractivity contribution in [3.63, 3.8) is 0 Å². The lowest BCUT2D eigenvalue weighted by Crippen LogP contribution is -2.05. The first-order chi connectivity index (χ1) is 7.86. The Labute approximate surface area is 97.4 Å². The maximum Gasteiger partial charge on any atom is 0.177 e. The molecule has 0 spiro atoms. The van der Waals surface area contributed by atoms with Gasteiger partial charge in [0, 0.05) is 13.7 Å². The Hall–Kier alpha value is -1.34. The van der Waals surface area contributed by atoms with Gasteiger partial charge in [0.25, 0.3) is 0 Å². The van der Waals surface area contributed by atoms with E-state index >= 15 is 0 Å². The number of methoxy groups -OCH3 is 1. The molecule has 0 N–H and O–H groups in total. The highest BCUT2D eigenvalue weighted by Gasteiger charge is 2.14. The lowest BCUT2D eigenvalue weighted by molar-refractivity contribution is 0.187. The molecule has 16 heavy (non-hydrogen) atoms. The first-order valence-corrected chi connectivity index (χ1v) is 5.82. The second-order valence-corrected chi connectivity index (χ2v) is 4.00. The van der Waals surface area contributed by atoms with Gasteiger partial charge in [-0.1, -0.05) is 11.4 Å². The molecule has 0 radical (unpaired) electrons. The third kappa shape index (κ3) is 2.10. The molecule has 0 amide bonds. The zero-order chi connectivity index (χ0) is 11.4. The summed E-state index contributed by atoms with van der Waals surface area (Å²) in [4.78, 5) is 0.996. The van der Waals surface area contributed by atoms with E-state index in [9.17, 15) is 0 Å². The normalized spacial score (nSPS) is 10.9. The van der Waals surface area contributed by atoms with E-state index < -0.39 is 0 Å². The number of aromatic nitrogens is 5. The summed E-state index contributed by atoms with van der Waals surface area (Å²) in [6, 6.07) is 0. The van der Waals surface area contributed by atoms with Crippen LogP contribution in [0.2, 0.25) is 0 Å². The zero-order valence-electron chi connectivity index (χ0n) is 9.25. The molecule has 2 rings (SSSR count). The summed E-state index contributed by atoms with van der Waals surface area (Å²) >= 11 is 1.35.